The van der Waals surface area contributed by atoms with E-state index in [4.69, 9.17) is 9.47 Å². The van der Waals surface area contributed by atoms with Crippen LogP contribution in [-0.2, 0) is 11.2 Å². The number of urea groups is 1. The van der Waals surface area contributed by atoms with Crippen molar-refractivity contribution in [1.29, 1.82) is 0 Å². The fourth-order valence-electron chi connectivity index (χ4n) is 3.02. The van der Waals surface area contributed by atoms with E-state index in [1.807, 2.05) is 23.1 Å². The zero-order chi connectivity index (χ0) is 19.1. The lowest BCUT2D eigenvalue weighted by molar-refractivity contribution is -0.132. The molecule has 0 radical (unpaired) electrons. The van der Waals surface area contributed by atoms with Crippen molar-refractivity contribution < 1.29 is 19.1 Å². The minimum Gasteiger partial charge on any atom is -0.493 e. The van der Waals surface area contributed by atoms with Crippen LogP contribution in [0.15, 0.2) is 18.2 Å². The molecule has 0 saturated carbocycles. The van der Waals surface area contributed by atoms with Crippen LogP contribution in [0, 0.1) is 0 Å². The highest BCUT2D eigenvalue weighted by Crippen LogP contribution is 2.28. The molecule has 1 aliphatic rings. The molecule has 0 unspecified atom stereocenters. The third-order valence-electron chi connectivity index (χ3n) is 4.66. The molecule has 1 fully saturated rings. The number of benzene rings is 1. The number of piperidine rings is 1. The smallest absolute Gasteiger partial charge is 0.317 e. The minimum absolute atomic E-state index is 0.0803. The van der Waals surface area contributed by atoms with E-state index in [1.54, 1.807) is 28.3 Å². The number of hydrogen-bond donors (Lipinski definition) is 1. The maximum atomic E-state index is 12.5. The molecule has 144 valence electrons. The first-order chi connectivity index (χ1) is 12.4. The van der Waals surface area contributed by atoms with Crippen LogP contribution >= 0.6 is 0 Å². The molecular weight excluding hydrogens is 334 g/mol. The first-order valence-electron chi connectivity index (χ1n) is 8.91. The summed E-state index contributed by atoms with van der Waals surface area (Å²) in [4.78, 5) is 27.6. The Morgan fingerprint density at radius 1 is 1.15 bits per heavy atom. The average molecular weight is 363 g/mol. The van der Waals surface area contributed by atoms with E-state index >= 15 is 0 Å². The Bertz CT molecular complexity index is 625. The van der Waals surface area contributed by atoms with E-state index in [2.05, 4.69) is 5.32 Å². The van der Waals surface area contributed by atoms with Crippen LogP contribution in [-0.4, -0.2) is 69.2 Å². The molecule has 0 aliphatic carbocycles. The molecule has 7 heteroatoms. The Morgan fingerprint density at radius 3 is 2.38 bits per heavy atom. The number of amides is 3. The molecule has 0 atom stereocenters. The molecule has 7 nitrogen and oxygen atoms in total. The van der Waals surface area contributed by atoms with Gasteiger partial charge in [0.25, 0.3) is 0 Å². The van der Waals surface area contributed by atoms with Crippen molar-refractivity contribution in [3.63, 3.8) is 0 Å². The van der Waals surface area contributed by atoms with Crippen LogP contribution < -0.4 is 14.8 Å². The van der Waals surface area contributed by atoms with Gasteiger partial charge < -0.3 is 24.6 Å². The largest absolute Gasteiger partial charge is 0.493 e. The average Bonchev–Trinajstić information content (AvgIpc) is 2.66. The lowest BCUT2D eigenvalue weighted by Crippen LogP contribution is -2.48. The van der Waals surface area contributed by atoms with E-state index in [1.165, 1.54) is 4.90 Å². The zero-order valence-corrected chi connectivity index (χ0v) is 16.1. The molecule has 1 aromatic rings. The van der Waals surface area contributed by atoms with Crippen molar-refractivity contribution in [1.82, 2.24) is 15.1 Å². The van der Waals surface area contributed by atoms with Crippen LogP contribution in [0.5, 0.6) is 11.5 Å². The van der Waals surface area contributed by atoms with E-state index in [9.17, 15) is 9.59 Å². The number of methoxy groups -OCH3 is 2. The molecule has 1 aliphatic heterocycles. The summed E-state index contributed by atoms with van der Waals surface area (Å²) in [6.07, 6.45) is 2.71. The van der Waals surface area contributed by atoms with Crippen molar-refractivity contribution in [2.75, 3.05) is 41.4 Å². The third kappa shape index (κ3) is 5.28. The zero-order valence-electron chi connectivity index (χ0n) is 16.1. The quantitative estimate of drug-likeness (QED) is 0.838. The van der Waals surface area contributed by atoms with Gasteiger partial charge in [-0.05, 0) is 37.0 Å². The van der Waals surface area contributed by atoms with E-state index in [-0.39, 0.29) is 18.0 Å². The van der Waals surface area contributed by atoms with Gasteiger partial charge in [-0.1, -0.05) is 6.07 Å². The number of carbonyl (C=O) groups is 2. The molecule has 0 spiro atoms. The van der Waals surface area contributed by atoms with Gasteiger partial charge in [-0.2, -0.15) is 0 Å². The number of carbonyl (C=O) groups excluding carboxylic acids is 2. The van der Waals surface area contributed by atoms with Crippen molar-refractivity contribution in [3.05, 3.63) is 23.8 Å². The number of likely N-dealkylation sites (tertiary alicyclic amines) is 1. The second-order valence-electron chi connectivity index (χ2n) is 6.69. The van der Waals surface area contributed by atoms with Crippen LogP contribution in [0.3, 0.4) is 0 Å². The summed E-state index contributed by atoms with van der Waals surface area (Å²) in [5.41, 5.74) is 1.05. The maximum Gasteiger partial charge on any atom is 0.317 e. The summed E-state index contributed by atoms with van der Waals surface area (Å²) in [5.74, 6) is 1.51. The van der Waals surface area contributed by atoms with Gasteiger partial charge in [0.1, 0.15) is 0 Å². The molecule has 0 aromatic heterocycles. The summed E-state index contributed by atoms with van der Waals surface area (Å²) in [6.45, 7) is 1.37. The Hall–Kier alpha value is -2.44. The van der Waals surface area contributed by atoms with Gasteiger partial charge in [-0.3, -0.25) is 4.79 Å². The van der Waals surface area contributed by atoms with E-state index in [0.717, 1.165) is 18.4 Å². The summed E-state index contributed by atoms with van der Waals surface area (Å²) in [6, 6.07) is 5.78. The predicted molar refractivity (Wildman–Crippen MR) is 99.7 cm³/mol. The number of ether oxygens (including phenoxy) is 2. The second kappa shape index (κ2) is 9.31. The Labute approximate surface area is 155 Å². The van der Waals surface area contributed by atoms with Gasteiger partial charge >= 0.3 is 6.03 Å². The number of nitrogens with zero attached hydrogens (tertiary/aromatic N) is 2. The van der Waals surface area contributed by atoms with E-state index in [0.29, 0.717) is 37.4 Å². The first kappa shape index (κ1) is 19.9. The Balaban J connectivity index is 1.80. The van der Waals surface area contributed by atoms with Crippen molar-refractivity contribution >= 4 is 11.9 Å². The molecule has 1 saturated heterocycles. The van der Waals surface area contributed by atoms with E-state index < -0.39 is 0 Å². The van der Waals surface area contributed by atoms with Crippen molar-refractivity contribution in [2.45, 2.75) is 31.7 Å². The standard InChI is InChI=1S/C19H29N3O4/c1-21(2)19(24)20-15-9-11-22(12-10-15)18(23)8-6-14-5-7-16(25-3)17(13-14)26-4/h5,7,13,15H,6,8-12H2,1-4H3,(H,20,24). The monoisotopic (exact) mass is 363 g/mol. The fourth-order valence-corrected chi connectivity index (χ4v) is 3.02. The number of nitrogens with one attached hydrogen (secondary N) is 1. The van der Waals surface area contributed by atoms with Crippen molar-refractivity contribution in [3.8, 4) is 11.5 Å². The molecular formula is C19H29N3O4. The summed E-state index contributed by atoms with van der Waals surface area (Å²) in [7, 11) is 6.65. The second-order valence-corrected chi connectivity index (χ2v) is 6.69. The van der Waals surface area contributed by atoms with Crippen LogP contribution in [0.2, 0.25) is 0 Å². The summed E-state index contributed by atoms with van der Waals surface area (Å²) >= 11 is 0. The van der Waals surface area contributed by atoms with Gasteiger partial charge in [0.2, 0.25) is 5.91 Å². The highest BCUT2D eigenvalue weighted by molar-refractivity contribution is 5.77. The molecule has 1 N–H and O–H groups in total. The first-order valence-corrected chi connectivity index (χ1v) is 8.91. The maximum absolute atomic E-state index is 12.5. The van der Waals surface area contributed by atoms with Gasteiger partial charge in [0.05, 0.1) is 14.2 Å². The van der Waals surface area contributed by atoms with Gasteiger partial charge in [-0.15, -0.1) is 0 Å². The van der Waals surface area contributed by atoms with Crippen molar-refractivity contribution in [2.24, 2.45) is 0 Å². The molecule has 26 heavy (non-hydrogen) atoms. The lowest BCUT2D eigenvalue weighted by atomic mass is 10.0. The highest BCUT2D eigenvalue weighted by Gasteiger charge is 2.24. The molecule has 2 rings (SSSR count). The molecule has 1 aromatic carbocycles. The topological polar surface area (TPSA) is 71.1 Å². The van der Waals surface area contributed by atoms with Crippen LogP contribution in [0.1, 0.15) is 24.8 Å². The fraction of sp³-hybridized carbons (Fsp3) is 0.579. The van der Waals surface area contributed by atoms with Crippen LogP contribution in [0.4, 0.5) is 4.79 Å². The number of aryl methyl sites for hydroxylation is 1. The number of hydrogen-bond acceptors (Lipinski definition) is 4. The van der Waals surface area contributed by atoms with Gasteiger partial charge in [0, 0.05) is 39.6 Å². The molecule has 1 heterocycles. The van der Waals surface area contributed by atoms with Crippen LogP contribution in [0.25, 0.3) is 0 Å². The van der Waals surface area contributed by atoms with Gasteiger partial charge in [0.15, 0.2) is 11.5 Å². The molecule has 0 bridgehead atoms. The summed E-state index contributed by atoms with van der Waals surface area (Å²) < 4.78 is 10.5. The number of rotatable bonds is 6. The third-order valence-corrected chi connectivity index (χ3v) is 4.66. The highest BCUT2D eigenvalue weighted by atomic mass is 16.5. The SMILES string of the molecule is COc1ccc(CCC(=O)N2CCC(NC(=O)N(C)C)CC2)cc1OC. The van der Waals surface area contributed by atoms with Gasteiger partial charge in [-0.25, -0.2) is 4.79 Å². The molecule has 3 amide bonds. The Kier molecular flexibility index (Phi) is 7.12. The predicted octanol–water partition coefficient (Wildman–Crippen LogP) is 1.90. The Morgan fingerprint density at radius 2 is 1.81 bits per heavy atom. The minimum atomic E-state index is -0.0803. The normalized spacial score (nSPS) is 14.7. The lowest BCUT2D eigenvalue weighted by Gasteiger charge is -2.33. The summed E-state index contributed by atoms with van der Waals surface area (Å²) in [5, 5.41) is 2.98.